The summed E-state index contributed by atoms with van der Waals surface area (Å²) >= 11 is 0. The summed E-state index contributed by atoms with van der Waals surface area (Å²) in [4.78, 5) is 90.0. The fraction of sp³-hybridized carbons (Fsp3) is 0.350. The van der Waals surface area contributed by atoms with Crippen molar-refractivity contribution in [2.24, 2.45) is 41.4 Å². The van der Waals surface area contributed by atoms with Gasteiger partial charge in [-0.15, -0.1) is 0 Å². The Kier molecular flexibility index (Phi) is 7.70. The number of carbonyl (C=O) groups excluding carboxylic acids is 6. The van der Waals surface area contributed by atoms with Crippen LogP contribution in [0.25, 0.3) is 0 Å². The number of hydrogen-bond acceptors (Lipinski definition) is 8. The van der Waals surface area contributed by atoms with Crippen LogP contribution in [0.3, 0.4) is 0 Å². The molecule has 3 aromatic rings. The molecule has 51 heavy (non-hydrogen) atoms. The van der Waals surface area contributed by atoms with Crippen LogP contribution in [0.5, 0.6) is 0 Å². The topological polar surface area (TPSA) is 131 Å². The fourth-order valence-corrected chi connectivity index (χ4v) is 9.66. The Morgan fingerprint density at radius 2 is 1.25 bits per heavy atom. The highest BCUT2D eigenvalue weighted by Gasteiger charge is 2.71. The monoisotopic (exact) mass is 687 g/mol. The van der Waals surface area contributed by atoms with Crippen molar-refractivity contribution in [3.8, 4) is 0 Å². The van der Waals surface area contributed by atoms with E-state index in [0.717, 1.165) is 10.5 Å². The summed E-state index contributed by atoms with van der Waals surface area (Å²) in [7, 11) is 1.22. The van der Waals surface area contributed by atoms with Gasteiger partial charge in [0.2, 0.25) is 23.6 Å². The van der Waals surface area contributed by atoms with Crippen molar-refractivity contribution >= 4 is 47.1 Å². The Bertz CT molecular complexity index is 2000. The average Bonchev–Trinajstić information content (AvgIpc) is 3.57. The minimum atomic E-state index is -1.80. The zero-order valence-corrected chi connectivity index (χ0v) is 28.4. The first-order valence-electron chi connectivity index (χ1n) is 17.2. The highest BCUT2D eigenvalue weighted by Crippen LogP contribution is 2.63. The second-order valence-electron chi connectivity index (χ2n) is 14.2. The third kappa shape index (κ3) is 4.63. The molecule has 1 saturated carbocycles. The van der Waals surface area contributed by atoms with Crippen LogP contribution in [-0.2, 0) is 40.1 Å². The van der Waals surface area contributed by atoms with E-state index in [1.165, 1.54) is 16.9 Å². The predicted octanol–water partition coefficient (Wildman–Crippen LogP) is 4.76. The molecule has 0 spiro atoms. The standard InChI is InChI=1S/C40H37N3O8/c1-22-28-20-41(39(49)51-21-23-13-7-4-8-14-23)40(2,38(48)50-3)33-30(28)26(31-29(22)35(45)43(36(31)46)25-17-11-6-12-18-25)19-27-32(33)37(47)42(34(27)44)24-15-9-5-10-16-24/h4-18,22,26-27,29,31-33H,19-21H2,1-3H3/t22-,26+,27+,29-,31+,32+,33-,40+/m0/s1. The summed E-state index contributed by atoms with van der Waals surface area (Å²) in [5.74, 6) is -8.24. The largest absolute Gasteiger partial charge is 0.467 e. The molecule has 3 aromatic carbocycles. The van der Waals surface area contributed by atoms with E-state index in [4.69, 9.17) is 9.47 Å². The SMILES string of the molecule is COC(=O)[C@@]1(C)[C@H]2C3=C(CN1C(=O)OCc1ccccc1)[C@H](C)[C@@H]1C(=O)N(c4ccccc4)C(=O)[C@@H]1[C@@H]3C[C@H]1C(=O)N(c3ccccc3)C(=O)[C@H]12. The number of anilines is 2. The highest BCUT2D eigenvalue weighted by atomic mass is 16.6. The number of methoxy groups -OCH3 is 1. The van der Waals surface area contributed by atoms with Gasteiger partial charge in [-0.2, -0.15) is 0 Å². The molecule has 0 radical (unpaired) electrons. The van der Waals surface area contributed by atoms with E-state index >= 15 is 0 Å². The number of esters is 1. The van der Waals surface area contributed by atoms with E-state index in [-0.39, 0.29) is 31.4 Å². The molecule has 0 unspecified atom stereocenters. The molecule has 2 aliphatic carbocycles. The van der Waals surface area contributed by atoms with Gasteiger partial charge in [-0.05, 0) is 60.6 Å². The maximum atomic E-state index is 14.6. The lowest BCUT2D eigenvalue weighted by atomic mass is 9.50. The average molecular weight is 688 g/mol. The van der Waals surface area contributed by atoms with Gasteiger partial charge in [-0.25, -0.2) is 9.59 Å². The van der Waals surface area contributed by atoms with Gasteiger partial charge in [0.25, 0.3) is 0 Å². The number of amides is 5. The maximum absolute atomic E-state index is 14.6. The predicted molar refractivity (Wildman–Crippen MR) is 183 cm³/mol. The molecule has 8 atom stereocenters. The second kappa shape index (κ2) is 12.0. The van der Waals surface area contributed by atoms with E-state index in [2.05, 4.69) is 0 Å². The van der Waals surface area contributed by atoms with Crippen LogP contribution in [0.2, 0.25) is 0 Å². The number of ether oxygens (including phenoxy) is 2. The summed E-state index contributed by atoms with van der Waals surface area (Å²) in [6, 6.07) is 26.4. The molecule has 2 saturated heterocycles. The number of rotatable bonds is 5. The Balaban J connectivity index is 1.30. The zero-order chi connectivity index (χ0) is 35.8. The van der Waals surface area contributed by atoms with Gasteiger partial charge in [0.15, 0.2) is 0 Å². The Morgan fingerprint density at radius 1 is 0.725 bits per heavy atom. The highest BCUT2D eigenvalue weighted by molar-refractivity contribution is 6.24. The lowest BCUT2D eigenvalue weighted by molar-refractivity contribution is -0.162. The number of fused-ring (bicyclic) bond motifs is 4. The first-order chi connectivity index (χ1) is 24.6. The minimum absolute atomic E-state index is 0.0723. The van der Waals surface area contributed by atoms with Crippen molar-refractivity contribution < 1.29 is 38.2 Å². The van der Waals surface area contributed by atoms with E-state index in [0.29, 0.717) is 22.5 Å². The van der Waals surface area contributed by atoms with Crippen LogP contribution in [0.4, 0.5) is 16.2 Å². The zero-order valence-electron chi connectivity index (χ0n) is 28.4. The Hall–Kier alpha value is -5.58. The Labute approximate surface area is 294 Å². The van der Waals surface area contributed by atoms with Gasteiger partial charge in [-0.3, -0.25) is 33.9 Å². The van der Waals surface area contributed by atoms with Gasteiger partial charge in [0.1, 0.15) is 12.1 Å². The Morgan fingerprint density at radius 3 is 1.84 bits per heavy atom. The number of hydrogen-bond donors (Lipinski definition) is 0. The lowest BCUT2D eigenvalue weighted by Crippen LogP contribution is -2.68. The van der Waals surface area contributed by atoms with Crippen LogP contribution in [0.1, 0.15) is 25.8 Å². The number of nitrogens with zero attached hydrogens (tertiary/aromatic N) is 3. The summed E-state index contributed by atoms with van der Waals surface area (Å²) in [5, 5.41) is 0. The molecule has 0 aromatic heterocycles. The number of imide groups is 2. The first-order valence-corrected chi connectivity index (χ1v) is 17.2. The molecule has 3 fully saturated rings. The van der Waals surface area contributed by atoms with Crippen LogP contribution >= 0.6 is 0 Å². The van der Waals surface area contributed by atoms with Crippen LogP contribution in [0, 0.1) is 41.4 Å². The van der Waals surface area contributed by atoms with Crippen molar-refractivity contribution in [2.45, 2.75) is 32.4 Å². The molecule has 11 nitrogen and oxygen atoms in total. The van der Waals surface area contributed by atoms with Gasteiger partial charge in [0.05, 0.1) is 42.2 Å². The third-order valence-electron chi connectivity index (χ3n) is 11.9. The normalized spacial score (nSPS) is 31.0. The van der Waals surface area contributed by atoms with Crippen molar-refractivity contribution in [3.63, 3.8) is 0 Å². The van der Waals surface area contributed by atoms with E-state index < -0.39 is 70.8 Å². The van der Waals surface area contributed by atoms with Crippen LogP contribution in [0.15, 0.2) is 102 Å². The van der Waals surface area contributed by atoms with Crippen LogP contribution < -0.4 is 9.80 Å². The quantitative estimate of drug-likeness (QED) is 0.213. The number of benzene rings is 3. The van der Waals surface area contributed by atoms with E-state index in [9.17, 15) is 28.8 Å². The molecule has 0 N–H and O–H groups in total. The van der Waals surface area contributed by atoms with Crippen molar-refractivity contribution in [2.75, 3.05) is 23.5 Å². The van der Waals surface area contributed by atoms with Gasteiger partial charge >= 0.3 is 12.1 Å². The molecule has 0 bridgehead atoms. The summed E-state index contributed by atoms with van der Waals surface area (Å²) < 4.78 is 11.2. The molecular formula is C40H37N3O8. The van der Waals surface area contributed by atoms with E-state index in [1.54, 1.807) is 67.6 Å². The number of carbonyl (C=O) groups is 6. The lowest BCUT2D eigenvalue weighted by Gasteiger charge is -2.58. The van der Waals surface area contributed by atoms with Gasteiger partial charge < -0.3 is 9.47 Å². The summed E-state index contributed by atoms with van der Waals surface area (Å²) in [5.41, 5.74) is 1.17. The summed E-state index contributed by atoms with van der Waals surface area (Å²) in [6.07, 6.45) is -0.665. The van der Waals surface area contributed by atoms with E-state index in [1.807, 2.05) is 37.3 Å². The smallest absolute Gasteiger partial charge is 0.411 e. The molecule has 8 rings (SSSR count). The molecule has 3 aliphatic heterocycles. The number of para-hydroxylation sites is 2. The molecule has 5 aliphatic rings. The van der Waals surface area contributed by atoms with Crippen LogP contribution in [-0.4, -0.2) is 59.8 Å². The first kappa shape index (κ1) is 32.6. The van der Waals surface area contributed by atoms with Crippen molar-refractivity contribution in [1.29, 1.82) is 0 Å². The molecule has 11 heteroatoms. The summed E-state index contributed by atoms with van der Waals surface area (Å²) in [6.45, 7) is 3.27. The maximum Gasteiger partial charge on any atom is 0.411 e. The molecule has 3 heterocycles. The minimum Gasteiger partial charge on any atom is -0.467 e. The molecule has 260 valence electrons. The van der Waals surface area contributed by atoms with Gasteiger partial charge in [0, 0.05) is 12.5 Å². The van der Waals surface area contributed by atoms with Gasteiger partial charge in [-0.1, -0.05) is 79.2 Å². The molecular weight excluding hydrogens is 650 g/mol. The fourth-order valence-electron chi connectivity index (χ4n) is 9.66. The third-order valence-corrected chi connectivity index (χ3v) is 11.9. The second-order valence-corrected chi connectivity index (χ2v) is 14.2. The van der Waals surface area contributed by atoms with Crippen molar-refractivity contribution in [1.82, 2.24) is 4.90 Å². The van der Waals surface area contributed by atoms with Crippen molar-refractivity contribution in [3.05, 3.63) is 108 Å². The molecule has 5 amide bonds.